The summed E-state index contributed by atoms with van der Waals surface area (Å²) in [5.41, 5.74) is -0.323. The van der Waals surface area contributed by atoms with E-state index in [-0.39, 0.29) is 22.7 Å². The smallest absolute Gasteiger partial charge is 0.224 e. The summed E-state index contributed by atoms with van der Waals surface area (Å²) in [6.07, 6.45) is 1.10. The molecule has 1 aliphatic heterocycles. The maximum Gasteiger partial charge on any atom is 0.224 e. The van der Waals surface area contributed by atoms with E-state index in [0.29, 0.717) is 13.2 Å². The standard InChI is InChI=1S/C11H15ClFN3O/c1-7-5-17-11(2,3)6-16(7)9-8(13)4-14-10(12)15-9/h4,7H,5-6H2,1-3H3/t7-/m0/s1. The third-order valence-electron chi connectivity index (χ3n) is 2.77. The lowest BCUT2D eigenvalue weighted by Crippen LogP contribution is -2.53. The van der Waals surface area contributed by atoms with Crippen LogP contribution < -0.4 is 4.90 Å². The summed E-state index contributed by atoms with van der Waals surface area (Å²) in [5.74, 6) is -0.215. The predicted octanol–water partition coefficient (Wildman–Crippen LogP) is 2.27. The zero-order valence-electron chi connectivity index (χ0n) is 10.1. The van der Waals surface area contributed by atoms with Gasteiger partial charge >= 0.3 is 0 Å². The van der Waals surface area contributed by atoms with E-state index in [1.165, 1.54) is 0 Å². The summed E-state index contributed by atoms with van der Waals surface area (Å²) in [7, 11) is 0. The largest absolute Gasteiger partial charge is 0.372 e. The molecule has 0 bridgehead atoms. The first-order valence-corrected chi connectivity index (χ1v) is 5.85. The normalized spacial score (nSPS) is 23.8. The van der Waals surface area contributed by atoms with Crippen LogP contribution in [0.15, 0.2) is 6.20 Å². The van der Waals surface area contributed by atoms with Crippen LogP contribution in [0.25, 0.3) is 0 Å². The van der Waals surface area contributed by atoms with Gasteiger partial charge < -0.3 is 9.64 Å². The molecule has 0 N–H and O–H groups in total. The Labute approximate surface area is 105 Å². The number of halogens is 2. The average Bonchev–Trinajstić information content (AvgIpc) is 2.25. The van der Waals surface area contributed by atoms with Crippen molar-refractivity contribution < 1.29 is 9.13 Å². The Kier molecular flexibility index (Phi) is 3.23. The van der Waals surface area contributed by atoms with Gasteiger partial charge in [0.25, 0.3) is 0 Å². The molecule has 0 aromatic carbocycles. The summed E-state index contributed by atoms with van der Waals surface area (Å²) in [5, 5.41) is 0.0536. The summed E-state index contributed by atoms with van der Waals surface area (Å²) in [6.45, 7) is 7.00. The molecule has 1 fully saturated rings. The number of ether oxygens (including phenoxy) is 1. The van der Waals surface area contributed by atoms with E-state index >= 15 is 0 Å². The lowest BCUT2D eigenvalue weighted by atomic mass is 10.0. The first-order chi connectivity index (χ1) is 7.89. The van der Waals surface area contributed by atoms with Gasteiger partial charge in [0, 0.05) is 6.54 Å². The molecule has 2 rings (SSSR count). The molecule has 1 aliphatic rings. The van der Waals surface area contributed by atoms with E-state index in [0.717, 1.165) is 6.20 Å². The molecule has 2 heterocycles. The SMILES string of the molecule is C[C@H]1COC(C)(C)CN1c1nc(Cl)ncc1F. The Bertz CT molecular complexity index is 427. The van der Waals surface area contributed by atoms with E-state index in [2.05, 4.69) is 9.97 Å². The first kappa shape index (κ1) is 12.5. The number of nitrogens with zero attached hydrogens (tertiary/aromatic N) is 3. The zero-order valence-corrected chi connectivity index (χ0v) is 10.8. The van der Waals surface area contributed by atoms with Crippen molar-refractivity contribution in [3.63, 3.8) is 0 Å². The highest BCUT2D eigenvalue weighted by Crippen LogP contribution is 2.27. The maximum absolute atomic E-state index is 13.7. The van der Waals surface area contributed by atoms with Crippen LogP contribution in [0.4, 0.5) is 10.2 Å². The van der Waals surface area contributed by atoms with Gasteiger partial charge in [-0.25, -0.2) is 9.37 Å². The number of aromatic nitrogens is 2. The van der Waals surface area contributed by atoms with E-state index in [9.17, 15) is 4.39 Å². The molecule has 17 heavy (non-hydrogen) atoms. The second kappa shape index (κ2) is 4.38. The first-order valence-electron chi connectivity index (χ1n) is 5.48. The minimum absolute atomic E-state index is 0.0536. The molecule has 1 aromatic heterocycles. The molecule has 6 heteroatoms. The zero-order chi connectivity index (χ0) is 12.6. The predicted molar refractivity (Wildman–Crippen MR) is 63.8 cm³/mol. The van der Waals surface area contributed by atoms with Crippen molar-refractivity contribution in [1.82, 2.24) is 9.97 Å². The summed E-state index contributed by atoms with van der Waals surface area (Å²) < 4.78 is 19.4. The van der Waals surface area contributed by atoms with Crippen molar-refractivity contribution in [2.24, 2.45) is 0 Å². The minimum Gasteiger partial charge on any atom is -0.372 e. The molecule has 1 aromatic rings. The number of rotatable bonds is 1. The van der Waals surface area contributed by atoms with Crippen LogP contribution in [-0.2, 0) is 4.74 Å². The van der Waals surface area contributed by atoms with Gasteiger partial charge in [0.1, 0.15) is 0 Å². The van der Waals surface area contributed by atoms with Crippen LogP contribution in [0.2, 0.25) is 5.28 Å². The molecular weight excluding hydrogens is 245 g/mol. The van der Waals surface area contributed by atoms with Gasteiger partial charge in [0.15, 0.2) is 11.6 Å². The molecule has 94 valence electrons. The topological polar surface area (TPSA) is 38.2 Å². The fourth-order valence-corrected chi connectivity index (χ4v) is 2.00. The fourth-order valence-electron chi connectivity index (χ4n) is 1.87. The third kappa shape index (κ3) is 2.66. The van der Waals surface area contributed by atoms with Crippen molar-refractivity contribution in [3.05, 3.63) is 17.3 Å². The van der Waals surface area contributed by atoms with E-state index in [1.54, 1.807) is 0 Å². The van der Waals surface area contributed by atoms with Crippen LogP contribution in [0, 0.1) is 5.82 Å². The van der Waals surface area contributed by atoms with E-state index in [4.69, 9.17) is 16.3 Å². The lowest BCUT2D eigenvalue weighted by molar-refractivity contribution is -0.0425. The molecule has 0 amide bonds. The molecule has 0 saturated carbocycles. The van der Waals surface area contributed by atoms with Crippen molar-refractivity contribution in [3.8, 4) is 0 Å². The molecular formula is C11H15ClFN3O. The molecule has 1 saturated heterocycles. The maximum atomic E-state index is 13.7. The highest BCUT2D eigenvalue weighted by molar-refractivity contribution is 6.28. The highest BCUT2D eigenvalue weighted by Gasteiger charge is 2.33. The van der Waals surface area contributed by atoms with Crippen molar-refractivity contribution in [2.75, 3.05) is 18.1 Å². The molecule has 0 spiro atoms. The molecule has 0 radical (unpaired) electrons. The molecule has 0 aliphatic carbocycles. The Morgan fingerprint density at radius 1 is 1.59 bits per heavy atom. The van der Waals surface area contributed by atoms with Crippen LogP contribution in [0.1, 0.15) is 20.8 Å². The van der Waals surface area contributed by atoms with Crippen LogP contribution in [-0.4, -0.2) is 34.8 Å². The van der Waals surface area contributed by atoms with Gasteiger partial charge in [-0.2, -0.15) is 4.98 Å². The summed E-state index contributed by atoms with van der Waals surface area (Å²) in [4.78, 5) is 9.45. The minimum atomic E-state index is -0.459. The monoisotopic (exact) mass is 259 g/mol. The van der Waals surface area contributed by atoms with Gasteiger partial charge in [0.05, 0.1) is 24.4 Å². The Morgan fingerprint density at radius 2 is 2.29 bits per heavy atom. The van der Waals surface area contributed by atoms with Crippen molar-refractivity contribution in [2.45, 2.75) is 32.4 Å². The van der Waals surface area contributed by atoms with Crippen LogP contribution in [0.5, 0.6) is 0 Å². The van der Waals surface area contributed by atoms with Crippen molar-refractivity contribution >= 4 is 17.4 Å². The number of morpholine rings is 1. The molecule has 0 unspecified atom stereocenters. The van der Waals surface area contributed by atoms with Crippen molar-refractivity contribution in [1.29, 1.82) is 0 Å². The van der Waals surface area contributed by atoms with Gasteiger partial charge in [0.2, 0.25) is 5.28 Å². The van der Waals surface area contributed by atoms with Crippen LogP contribution >= 0.6 is 11.6 Å². The number of anilines is 1. The van der Waals surface area contributed by atoms with Gasteiger partial charge in [-0.1, -0.05) is 0 Å². The second-order valence-corrected chi connectivity index (χ2v) is 5.20. The summed E-state index contributed by atoms with van der Waals surface area (Å²) in [6, 6.07) is 0.0588. The fraction of sp³-hybridized carbons (Fsp3) is 0.636. The Balaban J connectivity index is 2.34. The second-order valence-electron chi connectivity index (χ2n) is 4.86. The summed E-state index contributed by atoms with van der Waals surface area (Å²) >= 11 is 5.71. The van der Waals surface area contributed by atoms with E-state index in [1.807, 2.05) is 25.7 Å². The highest BCUT2D eigenvalue weighted by atomic mass is 35.5. The number of hydrogen-bond acceptors (Lipinski definition) is 4. The average molecular weight is 260 g/mol. The molecule has 1 atom stereocenters. The quantitative estimate of drug-likeness (QED) is 0.726. The van der Waals surface area contributed by atoms with Crippen LogP contribution in [0.3, 0.4) is 0 Å². The molecule has 4 nitrogen and oxygen atoms in total. The lowest BCUT2D eigenvalue weighted by Gasteiger charge is -2.43. The number of hydrogen-bond donors (Lipinski definition) is 0. The van der Waals surface area contributed by atoms with Gasteiger partial charge in [-0.15, -0.1) is 0 Å². The van der Waals surface area contributed by atoms with Gasteiger partial charge in [-0.3, -0.25) is 0 Å². The Morgan fingerprint density at radius 3 is 3.00 bits per heavy atom. The Hall–Kier alpha value is -0.940. The van der Waals surface area contributed by atoms with E-state index < -0.39 is 5.82 Å². The van der Waals surface area contributed by atoms with Gasteiger partial charge in [-0.05, 0) is 32.4 Å². The third-order valence-corrected chi connectivity index (χ3v) is 2.95.